The molecule has 0 N–H and O–H groups in total. The number of rotatable bonds is 1. The molecule has 1 fully saturated rings. The molecule has 1 aromatic rings. The zero-order valence-corrected chi connectivity index (χ0v) is 11.7. The average Bonchev–Trinajstić information content (AvgIpc) is 2.94. The molecule has 1 aromatic carbocycles. The first-order valence-corrected chi connectivity index (χ1v) is 7.14. The highest BCUT2D eigenvalue weighted by atomic mass is 14.4. The lowest BCUT2D eigenvalue weighted by Crippen LogP contribution is -2.18. The van der Waals surface area contributed by atoms with E-state index in [1.165, 1.54) is 32.1 Å². The number of benzene rings is 1. The molecule has 2 aliphatic carbocycles. The van der Waals surface area contributed by atoms with Crippen LogP contribution in [0.1, 0.15) is 73.8 Å². The Balaban J connectivity index is 2.25. The molecule has 0 spiro atoms. The number of hydrogen-bond donors (Lipinski definition) is 0. The smallest absolute Gasteiger partial charge is 0.0126 e. The van der Waals surface area contributed by atoms with Crippen molar-refractivity contribution in [3.8, 4) is 0 Å². The van der Waals surface area contributed by atoms with Gasteiger partial charge in [-0.1, -0.05) is 26.8 Å². The molecule has 17 heavy (non-hydrogen) atoms. The summed E-state index contributed by atoms with van der Waals surface area (Å²) in [6.07, 6.45) is 6.84. The fourth-order valence-corrected chi connectivity index (χ4v) is 3.62. The van der Waals surface area contributed by atoms with Crippen LogP contribution in [0, 0.1) is 6.92 Å². The minimum atomic E-state index is 0.319. The summed E-state index contributed by atoms with van der Waals surface area (Å²) in [5.74, 6) is 0.883. The van der Waals surface area contributed by atoms with Crippen molar-refractivity contribution in [3.63, 3.8) is 0 Å². The van der Waals surface area contributed by atoms with Gasteiger partial charge in [0.2, 0.25) is 0 Å². The molecule has 0 heteroatoms. The van der Waals surface area contributed by atoms with Gasteiger partial charge in [-0.3, -0.25) is 0 Å². The van der Waals surface area contributed by atoms with Crippen molar-refractivity contribution in [1.29, 1.82) is 0 Å². The molecule has 0 amide bonds. The lowest BCUT2D eigenvalue weighted by Gasteiger charge is -2.28. The van der Waals surface area contributed by atoms with E-state index in [0.717, 1.165) is 5.92 Å². The highest BCUT2D eigenvalue weighted by Gasteiger charge is 2.33. The molecular formula is C17H24. The van der Waals surface area contributed by atoms with Crippen LogP contribution in [0.3, 0.4) is 0 Å². The van der Waals surface area contributed by atoms with Crippen LogP contribution < -0.4 is 0 Å². The van der Waals surface area contributed by atoms with Crippen LogP contribution in [0.25, 0.3) is 0 Å². The van der Waals surface area contributed by atoms with E-state index in [4.69, 9.17) is 0 Å². The van der Waals surface area contributed by atoms with Gasteiger partial charge in [-0.15, -0.1) is 0 Å². The number of aryl methyl sites for hydroxylation is 1. The minimum absolute atomic E-state index is 0.319. The standard InChI is InChI=1S/C17H24/c1-11-10-15(12-8-9-12)16(17(2,3)4)14-7-5-6-13(11)14/h10,12H,5-9H2,1-4H3. The SMILES string of the molecule is Cc1cc(C2CC2)c(C(C)(C)C)c2c1CCC2. The molecule has 92 valence electrons. The second-order valence-corrected chi connectivity index (χ2v) is 6.99. The van der Waals surface area contributed by atoms with Crippen LogP contribution in [0.4, 0.5) is 0 Å². The zero-order chi connectivity index (χ0) is 12.2. The topological polar surface area (TPSA) is 0 Å². The van der Waals surface area contributed by atoms with E-state index < -0.39 is 0 Å². The molecule has 0 radical (unpaired) electrons. The van der Waals surface area contributed by atoms with Crippen molar-refractivity contribution >= 4 is 0 Å². The van der Waals surface area contributed by atoms with Crippen LogP contribution in [0.5, 0.6) is 0 Å². The molecule has 3 rings (SSSR count). The van der Waals surface area contributed by atoms with Crippen molar-refractivity contribution in [2.45, 2.75) is 71.1 Å². The first-order valence-electron chi connectivity index (χ1n) is 7.14. The molecule has 0 bridgehead atoms. The molecule has 0 unspecified atom stereocenters. The molecule has 0 atom stereocenters. The Bertz CT molecular complexity index is 456. The summed E-state index contributed by atoms with van der Waals surface area (Å²) >= 11 is 0. The maximum Gasteiger partial charge on any atom is -0.0126 e. The summed E-state index contributed by atoms with van der Waals surface area (Å²) in [7, 11) is 0. The summed E-state index contributed by atoms with van der Waals surface area (Å²) in [6, 6.07) is 2.52. The highest BCUT2D eigenvalue weighted by molar-refractivity contribution is 5.53. The number of hydrogen-bond acceptors (Lipinski definition) is 0. The minimum Gasteiger partial charge on any atom is -0.0561 e. The molecule has 0 aliphatic heterocycles. The van der Waals surface area contributed by atoms with E-state index in [0.29, 0.717) is 5.41 Å². The summed E-state index contributed by atoms with van der Waals surface area (Å²) in [5.41, 5.74) is 8.68. The fourth-order valence-electron chi connectivity index (χ4n) is 3.62. The normalized spacial score (nSPS) is 19.5. The van der Waals surface area contributed by atoms with Gasteiger partial charge in [0.15, 0.2) is 0 Å². The largest absolute Gasteiger partial charge is 0.0561 e. The van der Waals surface area contributed by atoms with E-state index >= 15 is 0 Å². The van der Waals surface area contributed by atoms with E-state index in [1.54, 1.807) is 27.8 Å². The van der Waals surface area contributed by atoms with Gasteiger partial charge in [0.1, 0.15) is 0 Å². The first-order chi connectivity index (χ1) is 7.98. The van der Waals surface area contributed by atoms with Gasteiger partial charge < -0.3 is 0 Å². The Hall–Kier alpha value is -0.780. The van der Waals surface area contributed by atoms with Crippen LogP contribution in [0.2, 0.25) is 0 Å². The van der Waals surface area contributed by atoms with Crippen molar-refractivity contribution < 1.29 is 0 Å². The molecule has 2 aliphatic rings. The summed E-state index contributed by atoms with van der Waals surface area (Å²) in [5, 5.41) is 0. The van der Waals surface area contributed by atoms with E-state index in [-0.39, 0.29) is 0 Å². The third kappa shape index (κ3) is 1.82. The van der Waals surface area contributed by atoms with Gasteiger partial charge in [0.25, 0.3) is 0 Å². The van der Waals surface area contributed by atoms with Gasteiger partial charge in [-0.05, 0) is 78.2 Å². The van der Waals surface area contributed by atoms with Crippen molar-refractivity contribution in [2.75, 3.05) is 0 Å². The Kier molecular flexibility index (Phi) is 2.40. The van der Waals surface area contributed by atoms with Gasteiger partial charge in [0, 0.05) is 0 Å². The zero-order valence-electron chi connectivity index (χ0n) is 11.7. The van der Waals surface area contributed by atoms with Crippen molar-refractivity contribution in [2.24, 2.45) is 0 Å². The second kappa shape index (κ2) is 3.60. The first kappa shape index (κ1) is 11.3. The van der Waals surface area contributed by atoms with Gasteiger partial charge in [-0.2, -0.15) is 0 Å². The Morgan fingerprint density at radius 1 is 1.06 bits per heavy atom. The third-order valence-electron chi connectivity index (χ3n) is 4.42. The van der Waals surface area contributed by atoms with Crippen molar-refractivity contribution in [3.05, 3.63) is 33.9 Å². The Morgan fingerprint density at radius 2 is 1.71 bits per heavy atom. The molecule has 0 saturated heterocycles. The average molecular weight is 228 g/mol. The van der Waals surface area contributed by atoms with Crippen molar-refractivity contribution in [1.82, 2.24) is 0 Å². The fraction of sp³-hybridized carbons (Fsp3) is 0.647. The van der Waals surface area contributed by atoms with E-state index in [9.17, 15) is 0 Å². The predicted octanol–water partition coefficient (Wildman–Crippen LogP) is 4.66. The maximum atomic E-state index is 2.52. The van der Waals surface area contributed by atoms with Crippen LogP contribution in [0.15, 0.2) is 6.07 Å². The van der Waals surface area contributed by atoms with E-state index in [1.807, 2.05) is 0 Å². The summed E-state index contributed by atoms with van der Waals surface area (Å²) in [6.45, 7) is 9.49. The van der Waals surface area contributed by atoms with E-state index in [2.05, 4.69) is 33.8 Å². The lowest BCUT2D eigenvalue weighted by atomic mass is 9.77. The number of fused-ring (bicyclic) bond motifs is 1. The van der Waals surface area contributed by atoms with Crippen LogP contribution in [-0.4, -0.2) is 0 Å². The Morgan fingerprint density at radius 3 is 2.29 bits per heavy atom. The van der Waals surface area contributed by atoms with Gasteiger partial charge in [-0.25, -0.2) is 0 Å². The van der Waals surface area contributed by atoms with Crippen LogP contribution >= 0.6 is 0 Å². The molecule has 0 heterocycles. The molecule has 0 aromatic heterocycles. The van der Waals surface area contributed by atoms with Crippen LogP contribution in [-0.2, 0) is 18.3 Å². The molecule has 1 saturated carbocycles. The molecular weight excluding hydrogens is 204 g/mol. The third-order valence-corrected chi connectivity index (χ3v) is 4.42. The summed E-state index contributed by atoms with van der Waals surface area (Å²) < 4.78 is 0. The summed E-state index contributed by atoms with van der Waals surface area (Å²) in [4.78, 5) is 0. The van der Waals surface area contributed by atoms with Gasteiger partial charge in [0.05, 0.1) is 0 Å². The Labute approximate surface area is 105 Å². The maximum absolute atomic E-state index is 2.52. The monoisotopic (exact) mass is 228 g/mol. The highest BCUT2D eigenvalue weighted by Crippen LogP contribution is 2.48. The second-order valence-electron chi connectivity index (χ2n) is 6.99. The lowest BCUT2D eigenvalue weighted by molar-refractivity contribution is 0.575. The molecule has 0 nitrogen and oxygen atoms in total. The van der Waals surface area contributed by atoms with Gasteiger partial charge >= 0.3 is 0 Å². The quantitative estimate of drug-likeness (QED) is 0.656. The predicted molar refractivity (Wildman–Crippen MR) is 73.9 cm³/mol.